The number of hydrogen-bond donors (Lipinski definition) is 1. The highest BCUT2D eigenvalue weighted by molar-refractivity contribution is 9.10. The van der Waals surface area contributed by atoms with Crippen molar-refractivity contribution < 1.29 is 9.84 Å². The number of methoxy groups -OCH3 is 1. The molecule has 0 spiro atoms. The van der Waals surface area contributed by atoms with Gasteiger partial charge in [0, 0.05) is 11.6 Å². The Morgan fingerprint density at radius 1 is 1.57 bits per heavy atom. The van der Waals surface area contributed by atoms with Crippen molar-refractivity contribution >= 4 is 15.9 Å². The molecule has 1 atom stereocenters. The topological polar surface area (TPSA) is 29.5 Å². The van der Waals surface area contributed by atoms with E-state index in [-0.39, 0.29) is 0 Å². The van der Waals surface area contributed by atoms with Crippen LogP contribution in [0.2, 0.25) is 0 Å². The number of aliphatic hydroxyl groups is 1. The van der Waals surface area contributed by atoms with Crippen molar-refractivity contribution in [2.24, 2.45) is 0 Å². The molecule has 1 unspecified atom stereocenters. The first kappa shape index (κ1) is 10.1. The van der Waals surface area contributed by atoms with Gasteiger partial charge in [0.05, 0.1) is 6.61 Å². The molecule has 2 rings (SSSR count). The second-order valence-corrected chi connectivity index (χ2v) is 4.68. The zero-order valence-electron chi connectivity index (χ0n) is 8.09. The zero-order chi connectivity index (χ0) is 10.2. The first-order chi connectivity index (χ1) is 6.65. The van der Waals surface area contributed by atoms with Gasteiger partial charge < -0.3 is 9.84 Å². The Kier molecular flexibility index (Phi) is 2.64. The minimum atomic E-state index is -0.784. The molecular weight excluding hydrogens is 244 g/mol. The third-order valence-corrected chi connectivity index (χ3v) is 3.26. The molecule has 1 aliphatic rings. The minimum Gasteiger partial charge on any atom is -0.383 e. The molecule has 0 saturated carbocycles. The van der Waals surface area contributed by atoms with Crippen molar-refractivity contribution in [3.8, 4) is 0 Å². The molecular formula is C11H13BrO2. The quantitative estimate of drug-likeness (QED) is 0.880. The van der Waals surface area contributed by atoms with Crippen LogP contribution in [0.3, 0.4) is 0 Å². The Labute approximate surface area is 92.0 Å². The molecule has 2 nitrogen and oxygen atoms in total. The Balaban J connectivity index is 2.41. The van der Waals surface area contributed by atoms with Gasteiger partial charge in [-0.1, -0.05) is 22.0 Å². The van der Waals surface area contributed by atoms with Gasteiger partial charge in [-0.2, -0.15) is 0 Å². The SMILES string of the molecule is COCC1(O)CCc2ccc(Br)cc21. The van der Waals surface area contributed by atoms with E-state index in [1.54, 1.807) is 7.11 Å². The summed E-state index contributed by atoms with van der Waals surface area (Å²) in [6.45, 7) is 0.371. The van der Waals surface area contributed by atoms with E-state index in [1.807, 2.05) is 12.1 Å². The van der Waals surface area contributed by atoms with Crippen LogP contribution in [-0.4, -0.2) is 18.8 Å². The van der Waals surface area contributed by atoms with Gasteiger partial charge in [0.25, 0.3) is 0 Å². The molecule has 1 aromatic carbocycles. The number of rotatable bonds is 2. The maximum atomic E-state index is 10.3. The molecule has 76 valence electrons. The maximum Gasteiger partial charge on any atom is 0.113 e. The summed E-state index contributed by atoms with van der Waals surface area (Å²) in [5.74, 6) is 0. The third-order valence-electron chi connectivity index (χ3n) is 2.76. The van der Waals surface area contributed by atoms with Crippen molar-refractivity contribution in [2.75, 3.05) is 13.7 Å². The van der Waals surface area contributed by atoms with E-state index in [0.29, 0.717) is 6.61 Å². The fourth-order valence-electron chi connectivity index (χ4n) is 2.06. The van der Waals surface area contributed by atoms with E-state index in [9.17, 15) is 5.11 Å². The summed E-state index contributed by atoms with van der Waals surface area (Å²) in [5.41, 5.74) is 1.45. The number of hydrogen-bond acceptors (Lipinski definition) is 2. The lowest BCUT2D eigenvalue weighted by atomic mass is 9.97. The lowest BCUT2D eigenvalue weighted by molar-refractivity contribution is -0.0341. The fourth-order valence-corrected chi connectivity index (χ4v) is 2.43. The van der Waals surface area contributed by atoms with Crippen LogP contribution in [0, 0.1) is 0 Å². The van der Waals surface area contributed by atoms with E-state index in [2.05, 4.69) is 22.0 Å². The Morgan fingerprint density at radius 3 is 3.07 bits per heavy atom. The number of fused-ring (bicyclic) bond motifs is 1. The van der Waals surface area contributed by atoms with E-state index < -0.39 is 5.60 Å². The normalized spacial score (nSPS) is 25.1. The molecule has 1 aliphatic carbocycles. The number of benzene rings is 1. The molecule has 0 radical (unpaired) electrons. The van der Waals surface area contributed by atoms with Gasteiger partial charge in [-0.15, -0.1) is 0 Å². The first-order valence-corrected chi connectivity index (χ1v) is 5.45. The highest BCUT2D eigenvalue weighted by Gasteiger charge is 2.36. The van der Waals surface area contributed by atoms with Gasteiger partial charge in [-0.05, 0) is 36.1 Å². The Hall–Kier alpha value is -0.380. The highest BCUT2D eigenvalue weighted by atomic mass is 79.9. The van der Waals surface area contributed by atoms with Gasteiger partial charge in [0.15, 0.2) is 0 Å². The van der Waals surface area contributed by atoms with Crippen molar-refractivity contribution in [1.82, 2.24) is 0 Å². The van der Waals surface area contributed by atoms with Crippen LogP contribution in [0.4, 0.5) is 0 Å². The first-order valence-electron chi connectivity index (χ1n) is 4.66. The maximum absolute atomic E-state index is 10.3. The highest BCUT2D eigenvalue weighted by Crippen LogP contribution is 2.38. The van der Waals surface area contributed by atoms with Crippen LogP contribution in [-0.2, 0) is 16.8 Å². The van der Waals surface area contributed by atoms with E-state index in [1.165, 1.54) is 5.56 Å². The molecule has 0 heterocycles. The summed E-state index contributed by atoms with van der Waals surface area (Å²) in [6.07, 6.45) is 1.69. The van der Waals surface area contributed by atoms with Crippen molar-refractivity contribution in [3.63, 3.8) is 0 Å². The lowest BCUT2D eigenvalue weighted by Gasteiger charge is -2.22. The summed E-state index contributed by atoms with van der Waals surface area (Å²) >= 11 is 3.42. The van der Waals surface area contributed by atoms with Crippen LogP contribution in [0.1, 0.15) is 17.5 Å². The number of ether oxygens (including phenoxy) is 1. The van der Waals surface area contributed by atoms with Crippen molar-refractivity contribution in [1.29, 1.82) is 0 Å². The molecule has 1 aromatic rings. The van der Waals surface area contributed by atoms with Gasteiger partial charge in [-0.3, -0.25) is 0 Å². The second-order valence-electron chi connectivity index (χ2n) is 3.77. The molecule has 1 N–H and O–H groups in total. The van der Waals surface area contributed by atoms with Crippen molar-refractivity contribution in [2.45, 2.75) is 18.4 Å². The van der Waals surface area contributed by atoms with Gasteiger partial charge in [-0.25, -0.2) is 0 Å². The average molecular weight is 257 g/mol. The second kappa shape index (κ2) is 3.65. The summed E-state index contributed by atoms with van der Waals surface area (Å²) in [5, 5.41) is 10.3. The Morgan fingerprint density at radius 2 is 2.36 bits per heavy atom. The van der Waals surface area contributed by atoms with Crippen LogP contribution < -0.4 is 0 Å². The molecule has 0 bridgehead atoms. The van der Waals surface area contributed by atoms with Gasteiger partial charge in [0.1, 0.15) is 5.60 Å². The zero-order valence-corrected chi connectivity index (χ0v) is 9.67. The lowest BCUT2D eigenvalue weighted by Crippen LogP contribution is -2.28. The van der Waals surface area contributed by atoms with E-state index >= 15 is 0 Å². The third kappa shape index (κ3) is 1.60. The summed E-state index contributed by atoms with van der Waals surface area (Å²) < 4.78 is 6.07. The largest absolute Gasteiger partial charge is 0.383 e. The van der Waals surface area contributed by atoms with Crippen LogP contribution in [0.25, 0.3) is 0 Å². The van der Waals surface area contributed by atoms with Crippen molar-refractivity contribution in [3.05, 3.63) is 33.8 Å². The monoisotopic (exact) mass is 256 g/mol. The smallest absolute Gasteiger partial charge is 0.113 e. The van der Waals surface area contributed by atoms with Crippen LogP contribution in [0.15, 0.2) is 22.7 Å². The van der Waals surface area contributed by atoms with Crippen LogP contribution in [0.5, 0.6) is 0 Å². The molecule has 0 aromatic heterocycles. The molecule has 0 aliphatic heterocycles. The van der Waals surface area contributed by atoms with E-state index in [4.69, 9.17) is 4.74 Å². The summed E-state index contributed by atoms with van der Waals surface area (Å²) in [6, 6.07) is 6.06. The molecule has 0 fully saturated rings. The predicted octanol–water partition coefficient (Wildman–Crippen LogP) is 2.23. The Bertz CT molecular complexity index is 347. The van der Waals surface area contributed by atoms with Crippen LogP contribution >= 0.6 is 15.9 Å². The number of aryl methyl sites for hydroxylation is 1. The van der Waals surface area contributed by atoms with Gasteiger partial charge >= 0.3 is 0 Å². The molecule has 3 heteroatoms. The molecule has 0 amide bonds. The summed E-state index contributed by atoms with van der Waals surface area (Å²) in [4.78, 5) is 0. The molecule has 0 saturated heterocycles. The standard InChI is InChI=1S/C11H13BrO2/c1-14-7-11(13)5-4-8-2-3-9(12)6-10(8)11/h2-3,6,13H,4-5,7H2,1H3. The van der Waals surface area contributed by atoms with Gasteiger partial charge in [0.2, 0.25) is 0 Å². The average Bonchev–Trinajstić information content (AvgIpc) is 2.45. The summed E-state index contributed by atoms with van der Waals surface area (Å²) in [7, 11) is 1.62. The minimum absolute atomic E-state index is 0.371. The molecule has 14 heavy (non-hydrogen) atoms. The fraction of sp³-hybridized carbons (Fsp3) is 0.455. The predicted molar refractivity (Wildman–Crippen MR) is 58.2 cm³/mol. The number of halogens is 1. The van der Waals surface area contributed by atoms with E-state index in [0.717, 1.165) is 22.9 Å².